The van der Waals surface area contributed by atoms with E-state index in [1.165, 1.54) is 141 Å². The minimum absolute atomic E-state index is 0.104. The van der Waals surface area contributed by atoms with Gasteiger partial charge >= 0.3 is 39.5 Å². The van der Waals surface area contributed by atoms with Crippen LogP contribution in [0.1, 0.15) is 344 Å². The number of aliphatic hydroxyl groups excluding tert-OH is 1. The molecule has 17 nitrogen and oxygen atoms in total. The third kappa shape index (κ3) is 62.0. The van der Waals surface area contributed by atoms with Crippen molar-refractivity contribution in [2.75, 3.05) is 39.6 Å². The maximum Gasteiger partial charge on any atom is 0.472 e. The van der Waals surface area contributed by atoms with Gasteiger partial charge in [-0.1, -0.05) is 293 Å². The standard InChI is InChI=1S/C70H136O17P2/c1-9-62(7)48-40-32-24-16-12-14-18-28-37-45-53-70(75)86-65(56-80-67(72)50-42-34-26-20-19-25-33-41-49-63(8)10-2)58-84-88(76,77)82-54-64(71)55-83-89(78,79)85-59-66(57-81-68(73)51-43-35-29-21-23-31-39-47-61(5)6)87-69(74)52-44-36-27-17-13-11-15-22-30-38-46-60(3)4/h60-66,71H,9-59H2,1-8H3,(H,76,77)(H,78,79)/t62?,63?,64?,65-,66-/m1/s1. The zero-order valence-corrected chi connectivity index (χ0v) is 59.8. The second-order valence-electron chi connectivity index (χ2n) is 26.7. The summed E-state index contributed by atoms with van der Waals surface area (Å²) < 4.78 is 68.3. The average Bonchev–Trinajstić information content (AvgIpc) is 3.69. The lowest BCUT2D eigenvalue weighted by Crippen LogP contribution is -2.30. The lowest BCUT2D eigenvalue weighted by atomic mass is 9.99. The lowest BCUT2D eigenvalue weighted by molar-refractivity contribution is -0.161. The molecule has 528 valence electrons. The first-order valence-electron chi connectivity index (χ1n) is 36.3. The highest BCUT2D eigenvalue weighted by molar-refractivity contribution is 7.47. The van der Waals surface area contributed by atoms with Crippen LogP contribution in [0.3, 0.4) is 0 Å². The molecule has 0 aromatic rings. The van der Waals surface area contributed by atoms with Crippen molar-refractivity contribution in [3.63, 3.8) is 0 Å². The number of aliphatic hydroxyl groups is 1. The highest BCUT2D eigenvalue weighted by Crippen LogP contribution is 2.45. The van der Waals surface area contributed by atoms with E-state index in [4.69, 9.17) is 37.0 Å². The summed E-state index contributed by atoms with van der Waals surface area (Å²) in [6.07, 6.45) is 41.6. The number of phosphoric ester groups is 2. The molecule has 0 fully saturated rings. The molecule has 3 N–H and O–H groups in total. The van der Waals surface area contributed by atoms with Crippen LogP contribution in [0.4, 0.5) is 0 Å². The molecule has 0 rings (SSSR count). The van der Waals surface area contributed by atoms with Gasteiger partial charge in [-0.3, -0.25) is 37.3 Å². The Morgan fingerprint density at radius 3 is 0.798 bits per heavy atom. The van der Waals surface area contributed by atoms with Gasteiger partial charge in [-0.25, -0.2) is 9.13 Å². The molecule has 0 radical (unpaired) electrons. The number of esters is 4. The third-order valence-corrected chi connectivity index (χ3v) is 18.7. The van der Waals surface area contributed by atoms with Crippen LogP contribution in [0.25, 0.3) is 0 Å². The summed E-state index contributed by atoms with van der Waals surface area (Å²) >= 11 is 0. The smallest absolute Gasteiger partial charge is 0.462 e. The molecular formula is C70H136O17P2. The van der Waals surface area contributed by atoms with E-state index in [0.717, 1.165) is 114 Å². The summed E-state index contributed by atoms with van der Waals surface area (Å²) in [4.78, 5) is 72.5. The number of phosphoric acid groups is 2. The van der Waals surface area contributed by atoms with E-state index in [9.17, 15) is 43.2 Å². The molecule has 89 heavy (non-hydrogen) atoms. The fourth-order valence-corrected chi connectivity index (χ4v) is 12.0. The molecule has 0 amide bonds. The van der Waals surface area contributed by atoms with Crippen LogP contribution in [-0.2, 0) is 65.4 Å². The molecule has 0 saturated carbocycles. The van der Waals surface area contributed by atoms with E-state index in [0.29, 0.717) is 31.6 Å². The molecule has 0 heterocycles. The lowest BCUT2D eigenvalue weighted by Gasteiger charge is -2.21. The molecular weight excluding hydrogens is 1170 g/mol. The summed E-state index contributed by atoms with van der Waals surface area (Å²) in [5, 5.41) is 10.6. The van der Waals surface area contributed by atoms with Gasteiger partial charge < -0.3 is 33.8 Å². The number of hydrogen-bond donors (Lipinski definition) is 3. The Hall–Kier alpha value is -1.94. The number of unbranched alkanes of at least 4 members (excludes halogenated alkanes) is 31. The number of rotatable bonds is 67. The molecule has 0 aliphatic heterocycles. The van der Waals surface area contributed by atoms with Gasteiger partial charge in [-0.05, 0) is 49.4 Å². The minimum Gasteiger partial charge on any atom is -0.462 e. The molecule has 7 atom stereocenters. The van der Waals surface area contributed by atoms with Gasteiger partial charge in [0.1, 0.15) is 19.3 Å². The fraction of sp³-hybridized carbons (Fsp3) is 0.943. The second kappa shape index (κ2) is 59.8. The summed E-state index contributed by atoms with van der Waals surface area (Å²) in [5.41, 5.74) is 0. The molecule has 0 aromatic carbocycles. The summed E-state index contributed by atoms with van der Waals surface area (Å²) in [5.74, 6) is 0.907. The Bertz CT molecular complexity index is 1770. The van der Waals surface area contributed by atoms with Gasteiger partial charge in [0.25, 0.3) is 0 Å². The minimum atomic E-state index is -4.95. The van der Waals surface area contributed by atoms with Crippen LogP contribution in [-0.4, -0.2) is 96.7 Å². The Balaban J connectivity index is 5.27. The van der Waals surface area contributed by atoms with Crippen molar-refractivity contribution in [1.29, 1.82) is 0 Å². The number of ether oxygens (including phenoxy) is 4. The van der Waals surface area contributed by atoms with Crippen molar-refractivity contribution in [2.24, 2.45) is 23.7 Å². The van der Waals surface area contributed by atoms with Crippen LogP contribution >= 0.6 is 15.6 Å². The largest absolute Gasteiger partial charge is 0.472 e. The Morgan fingerprint density at radius 1 is 0.315 bits per heavy atom. The van der Waals surface area contributed by atoms with E-state index in [2.05, 4.69) is 55.4 Å². The van der Waals surface area contributed by atoms with Crippen LogP contribution in [0.2, 0.25) is 0 Å². The highest BCUT2D eigenvalue weighted by Gasteiger charge is 2.30. The van der Waals surface area contributed by atoms with Gasteiger partial charge in [0, 0.05) is 25.7 Å². The van der Waals surface area contributed by atoms with Gasteiger partial charge in [0.15, 0.2) is 12.2 Å². The SMILES string of the molecule is CCC(C)CCCCCCCCCCCCC(=O)O[C@H](COC(=O)CCCCCCCCCCC(C)CC)COP(=O)(O)OCC(O)COP(=O)(O)OC[C@@H](COC(=O)CCCCCCCCCC(C)C)OC(=O)CCCCCCCCCCCCC(C)C. The normalized spacial score (nSPS) is 14.9. The van der Waals surface area contributed by atoms with E-state index in [1.54, 1.807) is 0 Å². The van der Waals surface area contributed by atoms with Crippen molar-refractivity contribution >= 4 is 39.5 Å². The molecule has 0 aliphatic rings. The van der Waals surface area contributed by atoms with Crippen molar-refractivity contribution in [2.45, 2.75) is 363 Å². The predicted octanol–water partition coefficient (Wildman–Crippen LogP) is 19.7. The van der Waals surface area contributed by atoms with E-state index in [1.807, 2.05) is 0 Å². The molecule has 0 bridgehead atoms. The van der Waals surface area contributed by atoms with Gasteiger partial charge in [-0.15, -0.1) is 0 Å². The zero-order valence-electron chi connectivity index (χ0n) is 58.1. The summed E-state index contributed by atoms with van der Waals surface area (Å²) in [6, 6.07) is 0. The van der Waals surface area contributed by atoms with Crippen LogP contribution < -0.4 is 0 Å². The second-order valence-corrected chi connectivity index (χ2v) is 29.6. The first-order valence-corrected chi connectivity index (χ1v) is 39.3. The zero-order chi connectivity index (χ0) is 66.1. The predicted molar refractivity (Wildman–Crippen MR) is 358 cm³/mol. The Labute approximate surface area is 543 Å². The molecule has 0 aromatic heterocycles. The molecule has 5 unspecified atom stereocenters. The molecule has 0 spiro atoms. The highest BCUT2D eigenvalue weighted by atomic mass is 31.2. The fourth-order valence-electron chi connectivity index (χ4n) is 10.4. The Morgan fingerprint density at radius 2 is 0.539 bits per heavy atom. The van der Waals surface area contributed by atoms with Crippen molar-refractivity contribution in [3.8, 4) is 0 Å². The van der Waals surface area contributed by atoms with Crippen molar-refractivity contribution < 1.29 is 80.2 Å². The van der Waals surface area contributed by atoms with Crippen LogP contribution in [0.15, 0.2) is 0 Å². The molecule has 0 saturated heterocycles. The molecule has 0 aliphatic carbocycles. The van der Waals surface area contributed by atoms with E-state index < -0.39 is 97.5 Å². The summed E-state index contributed by atoms with van der Waals surface area (Å²) in [6.45, 7) is 14.1. The van der Waals surface area contributed by atoms with Gasteiger partial charge in [0.2, 0.25) is 0 Å². The quantitative estimate of drug-likeness (QED) is 0.0222. The maximum atomic E-state index is 13.0. The van der Waals surface area contributed by atoms with Gasteiger partial charge in [0.05, 0.1) is 26.4 Å². The van der Waals surface area contributed by atoms with E-state index >= 15 is 0 Å². The first kappa shape index (κ1) is 87.1. The third-order valence-electron chi connectivity index (χ3n) is 16.8. The van der Waals surface area contributed by atoms with Gasteiger partial charge in [-0.2, -0.15) is 0 Å². The molecule has 19 heteroatoms. The average molecular weight is 1310 g/mol. The monoisotopic (exact) mass is 1310 g/mol. The maximum absolute atomic E-state index is 13.0. The van der Waals surface area contributed by atoms with Crippen LogP contribution in [0, 0.1) is 23.7 Å². The van der Waals surface area contributed by atoms with Crippen LogP contribution in [0.5, 0.6) is 0 Å². The topological polar surface area (TPSA) is 237 Å². The Kier molecular flexibility index (Phi) is 58.5. The van der Waals surface area contributed by atoms with Crippen molar-refractivity contribution in [3.05, 3.63) is 0 Å². The first-order chi connectivity index (χ1) is 42.7. The van der Waals surface area contributed by atoms with Crippen molar-refractivity contribution in [1.82, 2.24) is 0 Å². The number of carbonyl (C=O) groups is 4. The summed E-state index contributed by atoms with van der Waals surface area (Å²) in [7, 11) is -9.90. The number of carbonyl (C=O) groups excluding carboxylic acids is 4. The number of hydrogen-bond acceptors (Lipinski definition) is 15. The van der Waals surface area contributed by atoms with E-state index in [-0.39, 0.29) is 25.7 Å².